The number of nitrogens with zero attached hydrogens (tertiary/aromatic N) is 2. The van der Waals surface area contributed by atoms with Crippen molar-refractivity contribution in [2.24, 2.45) is 0 Å². The number of hydrogen-bond acceptors (Lipinski definition) is 4. The maximum absolute atomic E-state index is 12.1. The highest BCUT2D eigenvalue weighted by Gasteiger charge is 2.12. The van der Waals surface area contributed by atoms with E-state index in [1.807, 2.05) is 30.3 Å². The molecule has 0 radical (unpaired) electrons. The van der Waals surface area contributed by atoms with Gasteiger partial charge >= 0.3 is 12.1 Å². The number of nitrogens with one attached hydrogen (secondary N) is 2. The van der Waals surface area contributed by atoms with Gasteiger partial charge in [0.1, 0.15) is 0 Å². The molecule has 0 saturated heterocycles. The number of hydrogen-bond donors (Lipinski definition) is 2. The van der Waals surface area contributed by atoms with Crippen LogP contribution >= 0.6 is 0 Å². The summed E-state index contributed by atoms with van der Waals surface area (Å²) in [7, 11) is 3.32. The zero-order chi connectivity index (χ0) is 21.9. The van der Waals surface area contributed by atoms with Crippen molar-refractivity contribution in [1.29, 1.82) is 0 Å². The summed E-state index contributed by atoms with van der Waals surface area (Å²) < 4.78 is 4.95. The molecule has 0 aromatic heterocycles. The normalized spacial score (nSPS) is 10.1. The van der Waals surface area contributed by atoms with Gasteiger partial charge in [0.25, 0.3) is 0 Å². The molecule has 2 rings (SSSR count). The standard InChI is InChI=1S/C22H28N4O4/c1-4-30-22(29)26(3)19-12-10-18(11-13-19)24-20(27)14-15-23-21(28)25(2)16-17-8-6-5-7-9-17/h5-13H,4,14-16H2,1-3H3,(H,23,28)(H,24,27). The molecule has 0 spiro atoms. The molecule has 0 bridgehead atoms. The predicted octanol–water partition coefficient (Wildman–Crippen LogP) is 3.45. The van der Waals surface area contributed by atoms with Crippen molar-refractivity contribution in [1.82, 2.24) is 10.2 Å². The quantitative estimate of drug-likeness (QED) is 0.695. The summed E-state index contributed by atoms with van der Waals surface area (Å²) in [4.78, 5) is 38.9. The van der Waals surface area contributed by atoms with E-state index >= 15 is 0 Å². The van der Waals surface area contributed by atoms with Crippen LogP contribution in [0.1, 0.15) is 18.9 Å². The van der Waals surface area contributed by atoms with Crippen molar-refractivity contribution in [3.63, 3.8) is 0 Å². The van der Waals surface area contributed by atoms with Gasteiger partial charge in [-0.05, 0) is 36.8 Å². The number of benzene rings is 2. The monoisotopic (exact) mass is 412 g/mol. The van der Waals surface area contributed by atoms with Crippen LogP contribution in [-0.2, 0) is 16.1 Å². The van der Waals surface area contributed by atoms with Crippen LogP contribution in [0.25, 0.3) is 0 Å². The summed E-state index contributed by atoms with van der Waals surface area (Å²) >= 11 is 0. The molecule has 2 aromatic rings. The largest absolute Gasteiger partial charge is 0.449 e. The number of anilines is 2. The number of rotatable bonds is 8. The highest BCUT2D eigenvalue weighted by molar-refractivity contribution is 5.92. The van der Waals surface area contributed by atoms with E-state index in [-0.39, 0.29) is 24.9 Å². The number of ether oxygens (including phenoxy) is 1. The van der Waals surface area contributed by atoms with E-state index in [4.69, 9.17) is 4.74 Å². The van der Waals surface area contributed by atoms with Crippen LogP contribution in [0.5, 0.6) is 0 Å². The third-order valence-electron chi connectivity index (χ3n) is 4.32. The topological polar surface area (TPSA) is 91.0 Å². The number of amides is 4. The van der Waals surface area contributed by atoms with E-state index in [2.05, 4.69) is 10.6 Å². The van der Waals surface area contributed by atoms with Crippen LogP contribution in [-0.4, -0.2) is 50.2 Å². The Hall–Kier alpha value is -3.55. The molecule has 8 nitrogen and oxygen atoms in total. The van der Waals surface area contributed by atoms with Gasteiger partial charge in [0.15, 0.2) is 0 Å². The van der Waals surface area contributed by atoms with Gasteiger partial charge in [0.05, 0.1) is 6.61 Å². The Bertz CT molecular complexity index is 840. The van der Waals surface area contributed by atoms with Crippen molar-refractivity contribution >= 4 is 29.4 Å². The lowest BCUT2D eigenvalue weighted by molar-refractivity contribution is -0.116. The first-order valence-corrected chi connectivity index (χ1v) is 9.74. The highest BCUT2D eigenvalue weighted by Crippen LogP contribution is 2.17. The second-order valence-electron chi connectivity index (χ2n) is 6.68. The van der Waals surface area contributed by atoms with Gasteiger partial charge in [0.2, 0.25) is 5.91 Å². The highest BCUT2D eigenvalue weighted by atomic mass is 16.6. The summed E-state index contributed by atoms with van der Waals surface area (Å²) in [5.74, 6) is -0.215. The molecule has 2 N–H and O–H groups in total. The SMILES string of the molecule is CCOC(=O)N(C)c1ccc(NC(=O)CCNC(=O)N(C)Cc2ccccc2)cc1. The fourth-order valence-electron chi connectivity index (χ4n) is 2.66. The molecule has 8 heteroatoms. The Labute approximate surface area is 176 Å². The summed E-state index contributed by atoms with van der Waals surface area (Å²) in [6.07, 6.45) is -0.294. The van der Waals surface area contributed by atoms with Crippen LogP contribution in [0.2, 0.25) is 0 Å². The minimum Gasteiger partial charge on any atom is -0.449 e. The molecule has 0 fully saturated rings. The second-order valence-corrected chi connectivity index (χ2v) is 6.68. The molecule has 160 valence electrons. The summed E-state index contributed by atoms with van der Waals surface area (Å²) in [6, 6.07) is 16.3. The third-order valence-corrected chi connectivity index (χ3v) is 4.32. The number of urea groups is 1. The number of carbonyl (C=O) groups excluding carboxylic acids is 3. The molecule has 0 unspecified atom stereocenters. The maximum atomic E-state index is 12.1. The van der Waals surface area contributed by atoms with Gasteiger partial charge in [-0.1, -0.05) is 30.3 Å². The zero-order valence-electron chi connectivity index (χ0n) is 17.6. The summed E-state index contributed by atoms with van der Waals surface area (Å²) in [5, 5.41) is 5.50. The van der Waals surface area contributed by atoms with E-state index in [0.717, 1.165) is 5.56 Å². The Morgan fingerprint density at radius 2 is 1.63 bits per heavy atom. The smallest absolute Gasteiger partial charge is 0.413 e. The Morgan fingerprint density at radius 1 is 0.967 bits per heavy atom. The molecule has 2 aromatic carbocycles. The van der Waals surface area contributed by atoms with Crippen molar-refractivity contribution in [2.45, 2.75) is 19.9 Å². The van der Waals surface area contributed by atoms with E-state index < -0.39 is 6.09 Å². The van der Waals surface area contributed by atoms with Gasteiger partial charge in [0, 0.05) is 45.0 Å². The first-order valence-electron chi connectivity index (χ1n) is 9.74. The molecule has 30 heavy (non-hydrogen) atoms. The van der Waals surface area contributed by atoms with Crippen LogP contribution in [0.15, 0.2) is 54.6 Å². The maximum Gasteiger partial charge on any atom is 0.413 e. The molecule has 0 saturated carbocycles. The Morgan fingerprint density at radius 3 is 2.27 bits per heavy atom. The summed E-state index contributed by atoms with van der Waals surface area (Å²) in [6.45, 7) is 2.77. The van der Waals surface area contributed by atoms with E-state index in [1.165, 1.54) is 4.90 Å². The zero-order valence-corrected chi connectivity index (χ0v) is 17.6. The van der Waals surface area contributed by atoms with Gasteiger partial charge < -0.3 is 20.3 Å². The molecule has 0 atom stereocenters. The van der Waals surface area contributed by atoms with Gasteiger partial charge in [-0.15, -0.1) is 0 Å². The van der Waals surface area contributed by atoms with E-state index in [9.17, 15) is 14.4 Å². The lowest BCUT2D eigenvalue weighted by atomic mass is 10.2. The van der Waals surface area contributed by atoms with Crippen molar-refractivity contribution in [2.75, 3.05) is 37.5 Å². The lowest BCUT2D eigenvalue weighted by Crippen LogP contribution is -2.38. The van der Waals surface area contributed by atoms with Crippen molar-refractivity contribution in [3.05, 3.63) is 60.2 Å². The Balaban J connectivity index is 1.74. The first-order chi connectivity index (χ1) is 14.4. The van der Waals surface area contributed by atoms with Crippen molar-refractivity contribution < 1.29 is 19.1 Å². The van der Waals surface area contributed by atoms with Gasteiger partial charge in [-0.2, -0.15) is 0 Å². The van der Waals surface area contributed by atoms with Crippen LogP contribution in [0, 0.1) is 0 Å². The molecule has 0 aliphatic heterocycles. The second kappa shape index (κ2) is 11.5. The average molecular weight is 412 g/mol. The Kier molecular flexibility index (Phi) is 8.68. The van der Waals surface area contributed by atoms with Crippen molar-refractivity contribution in [3.8, 4) is 0 Å². The summed E-state index contributed by atoms with van der Waals surface area (Å²) in [5.41, 5.74) is 2.29. The first kappa shape index (κ1) is 22.7. The number of carbonyl (C=O) groups is 3. The van der Waals surface area contributed by atoms with E-state index in [0.29, 0.717) is 24.5 Å². The van der Waals surface area contributed by atoms with E-state index in [1.54, 1.807) is 50.2 Å². The molecule has 0 heterocycles. The van der Waals surface area contributed by atoms with Crippen LogP contribution in [0.4, 0.5) is 21.0 Å². The fourth-order valence-corrected chi connectivity index (χ4v) is 2.66. The molecule has 0 aliphatic carbocycles. The molecular formula is C22H28N4O4. The predicted molar refractivity (Wildman–Crippen MR) is 116 cm³/mol. The van der Waals surface area contributed by atoms with Gasteiger partial charge in [-0.25, -0.2) is 9.59 Å². The van der Waals surface area contributed by atoms with Crippen LogP contribution in [0.3, 0.4) is 0 Å². The minimum atomic E-state index is -0.442. The molecular weight excluding hydrogens is 384 g/mol. The fraction of sp³-hybridized carbons (Fsp3) is 0.318. The minimum absolute atomic E-state index is 0.148. The average Bonchev–Trinajstić information content (AvgIpc) is 2.74. The van der Waals surface area contributed by atoms with Gasteiger partial charge in [-0.3, -0.25) is 9.69 Å². The van der Waals surface area contributed by atoms with Crippen LogP contribution < -0.4 is 15.5 Å². The molecule has 0 aliphatic rings. The third kappa shape index (κ3) is 7.12. The lowest BCUT2D eigenvalue weighted by Gasteiger charge is -2.18. The molecule has 4 amide bonds.